The second-order valence-electron chi connectivity index (χ2n) is 4.62. The van der Waals surface area contributed by atoms with E-state index in [1.54, 1.807) is 7.11 Å². The van der Waals surface area contributed by atoms with Gasteiger partial charge in [-0.2, -0.15) is 0 Å². The minimum absolute atomic E-state index is 0.0161. The molecule has 1 N–H and O–H groups in total. The predicted molar refractivity (Wildman–Crippen MR) is 76.2 cm³/mol. The van der Waals surface area contributed by atoms with Crippen LogP contribution in [0.2, 0.25) is 0 Å². The van der Waals surface area contributed by atoms with Gasteiger partial charge in [0.1, 0.15) is 11.6 Å². The third-order valence-corrected chi connectivity index (χ3v) is 4.17. The Morgan fingerprint density at radius 3 is 2.47 bits per heavy atom. The highest BCUT2D eigenvalue weighted by Gasteiger charge is 2.37. The van der Waals surface area contributed by atoms with Crippen molar-refractivity contribution in [3.05, 3.63) is 33.8 Å². The van der Waals surface area contributed by atoms with Crippen LogP contribution in [0.3, 0.4) is 0 Å². The van der Waals surface area contributed by atoms with E-state index < -0.39 is 23.3 Å². The van der Waals surface area contributed by atoms with E-state index in [2.05, 4.69) is 21.2 Å². The number of likely N-dealkylation sites (N-methyl/N-ethyl adjacent to an activating group) is 1. The summed E-state index contributed by atoms with van der Waals surface area (Å²) in [6.45, 7) is 6.27. The maximum absolute atomic E-state index is 14.3. The summed E-state index contributed by atoms with van der Waals surface area (Å²) in [7, 11) is 1.56. The maximum Gasteiger partial charge on any atom is 0.145 e. The first kappa shape index (κ1) is 16.5. The van der Waals surface area contributed by atoms with E-state index in [1.165, 1.54) is 12.1 Å². The number of benzene rings is 1. The summed E-state index contributed by atoms with van der Waals surface area (Å²) >= 11 is 3.10. The molecule has 19 heavy (non-hydrogen) atoms. The van der Waals surface area contributed by atoms with Gasteiger partial charge >= 0.3 is 0 Å². The average Bonchev–Trinajstić information content (AvgIpc) is 2.41. The molecule has 1 aromatic rings. The number of nitrogens with one attached hydrogen (secondary N) is 1. The van der Waals surface area contributed by atoms with Crippen molar-refractivity contribution >= 4 is 15.9 Å². The monoisotopic (exact) mass is 335 g/mol. The van der Waals surface area contributed by atoms with Gasteiger partial charge < -0.3 is 10.1 Å². The molecule has 1 aromatic carbocycles. The average molecular weight is 336 g/mol. The lowest BCUT2D eigenvalue weighted by Gasteiger charge is -2.37. The SMILES string of the molecule is CCNC(c1c(F)ccc(Br)c1F)C(C)(CC)OC. The van der Waals surface area contributed by atoms with E-state index in [0.29, 0.717) is 13.0 Å². The first-order valence-electron chi connectivity index (χ1n) is 6.33. The Kier molecular flexibility index (Phi) is 5.89. The standard InChI is InChI=1S/C14H20BrF2NO/c1-5-14(3,19-4)13(18-6-2)11-10(16)8-7-9(15)12(11)17/h7-8,13,18H,5-6H2,1-4H3. The third kappa shape index (κ3) is 3.33. The molecule has 0 aliphatic carbocycles. The van der Waals surface area contributed by atoms with Crippen LogP contribution >= 0.6 is 15.9 Å². The second kappa shape index (κ2) is 6.77. The van der Waals surface area contributed by atoms with Gasteiger partial charge in [0.25, 0.3) is 0 Å². The van der Waals surface area contributed by atoms with Gasteiger partial charge in [-0.05, 0) is 48.0 Å². The molecule has 0 bridgehead atoms. The van der Waals surface area contributed by atoms with E-state index >= 15 is 0 Å². The molecule has 0 spiro atoms. The Morgan fingerprint density at radius 2 is 2.00 bits per heavy atom. The quantitative estimate of drug-likeness (QED) is 0.787. The molecule has 0 radical (unpaired) electrons. The Hall–Kier alpha value is -0.520. The van der Waals surface area contributed by atoms with Crippen LogP contribution in [0.4, 0.5) is 8.78 Å². The normalized spacial score (nSPS) is 16.2. The van der Waals surface area contributed by atoms with Gasteiger partial charge in [0.05, 0.1) is 16.1 Å². The fraction of sp³-hybridized carbons (Fsp3) is 0.571. The zero-order valence-corrected chi connectivity index (χ0v) is 13.3. The van der Waals surface area contributed by atoms with Crippen molar-refractivity contribution in [2.24, 2.45) is 0 Å². The van der Waals surface area contributed by atoms with Crippen molar-refractivity contribution in [1.29, 1.82) is 0 Å². The molecule has 2 atom stereocenters. The van der Waals surface area contributed by atoms with E-state index in [9.17, 15) is 8.78 Å². The minimum Gasteiger partial charge on any atom is -0.377 e. The lowest BCUT2D eigenvalue weighted by atomic mass is 9.87. The molecule has 0 aliphatic rings. The van der Waals surface area contributed by atoms with Gasteiger partial charge in [0, 0.05) is 12.7 Å². The topological polar surface area (TPSA) is 21.3 Å². The fourth-order valence-corrected chi connectivity index (χ4v) is 2.45. The number of methoxy groups -OCH3 is 1. The highest BCUT2D eigenvalue weighted by atomic mass is 79.9. The largest absolute Gasteiger partial charge is 0.377 e. The molecular weight excluding hydrogens is 316 g/mol. The van der Waals surface area contributed by atoms with Gasteiger partial charge in [-0.1, -0.05) is 13.8 Å². The van der Waals surface area contributed by atoms with E-state index in [1.807, 2.05) is 20.8 Å². The number of hydrogen-bond acceptors (Lipinski definition) is 2. The molecule has 0 aliphatic heterocycles. The van der Waals surface area contributed by atoms with Gasteiger partial charge in [0.2, 0.25) is 0 Å². The van der Waals surface area contributed by atoms with Gasteiger partial charge in [-0.25, -0.2) is 8.78 Å². The molecule has 2 unspecified atom stereocenters. The summed E-state index contributed by atoms with van der Waals surface area (Å²) in [5.41, 5.74) is -0.666. The van der Waals surface area contributed by atoms with Crippen LogP contribution in [0.1, 0.15) is 38.8 Å². The van der Waals surface area contributed by atoms with Crippen LogP contribution in [-0.2, 0) is 4.74 Å². The van der Waals surface area contributed by atoms with Crippen molar-refractivity contribution in [2.45, 2.75) is 38.8 Å². The summed E-state index contributed by atoms with van der Waals surface area (Å²) in [5.74, 6) is -1.15. The smallest absolute Gasteiger partial charge is 0.145 e. The number of rotatable bonds is 6. The Morgan fingerprint density at radius 1 is 1.37 bits per heavy atom. The highest BCUT2D eigenvalue weighted by molar-refractivity contribution is 9.10. The third-order valence-electron chi connectivity index (χ3n) is 3.56. The first-order valence-corrected chi connectivity index (χ1v) is 7.12. The molecule has 2 nitrogen and oxygen atoms in total. The predicted octanol–water partition coefficient (Wildman–Crippen LogP) is 4.19. The Labute approximate surface area is 121 Å². The van der Waals surface area contributed by atoms with Crippen molar-refractivity contribution in [3.63, 3.8) is 0 Å². The zero-order valence-electron chi connectivity index (χ0n) is 11.7. The number of halogens is 3. The summed E-state index contributed by atoms with van der Waals surface area (Å²) in [5, 5.41) is 3.12. The van der Waals surface area contributed by atoms with Crippen LogP contribution in [0.5, 0.6) is 0 Å². The summed E-state index contributed by atoms with van der Waals surface area (Å²) in [6, 6.07) is 2.08. The maximum atomic E-state index is 14.3. The van der Waals surface area contributed by atoms with Crippen molar-refractivity contribution in [1.82, 2.24) is 5.32 Å². The first-order chi connectivity index (χ1) is 8.91. The van der Waals surface area contributed by atoms with Gasteiger partial charge in [-0.3, -0.25) is 0 Å². The molecule has 1 rings (SSSR count). The summed E-state index contributed by atoms with van der Waals surface area (Å²) in [6.07, 6.45) is 0.632. The van der Waals surface area contributed by atoms with E-state index in [4.69, 9.17) is 4.74 Å². The Balaban J connectivity index is 3.38. The number of ether oxygens (including phenoxy) is 1. The molecule has 0 saturated carbocycles. The summed E-state index contributed by atoms with van der Waals surface area (Å²) < 4.78 is 34.1. The number of hydrogen-bond donors (Lipinski definition) is 1. The molecule has 0 saturated heterocycles. The van der Waals surface area contributed by atoms with Crippen LogP contribution in [0.25, 0.3) is 0 Å². The molecule has 0 heterocycles. The molecule has 0 amide bonds. The van der Waals surface area contributed by atoms with Crippen molar-refractivity contribution < 1.29 is 13.5 Å². The van der Waals surface area contributed by atoms with Crippen LogP contribution < -0.4 is 5.32 Å². The summed E-state index contributed by atoms with van der Waals surface area (Å²) in [4.78, 5) is 0. The Bertz CT molecular complexity index is 436. The molecule has 0 fully saturated rings. The minimum atomic E-state index is -0.682. The molecule has 108 valence electrons. The van der Waals surface area contributed by atoms with Gasteiger partial charge in [-0.15, -0.1) is 0 Å². The highest BCUT2D eigenvalue weighted by Crippen LogP contribution is 2.36. The molecule has 0 aromatic heterocycles. The van der Waals surface area contributed by atoms with Crippen molar-refractivity contribution in [3.8, 4) is 0 Å². The lowest BCUT2D eigenvalue weighted by molar-refractivity contribution is -0.0314. The molecule has 5 heteroatoms. The lowest BCUT2D eigenvalue weighted by Crippen LogP contribution is -2.43. The van der Waals surface area contributed by atoms with Crippen LogP contribution in [0.15, 0.2) is 16.6 Å². The molecular formula is C14H20BrF2NO. The van der Waals surface area contributed by atoms with E-state index in [0.717, 1.165) is 0 Å². The second-order valence-corrected chi connectivity index (χ2v) is 5.47. The fourth-order valence-electron chi connectivity index (χ4n) is 2.10. The van der Waals surface area contributed by atoms with Crippen LogP contribution in [0, 0.1) is 11.6 Å². The van der Waals surface area contributed by atoms with Crippen molar-refractivity contribution in [2.75, 3.05) is 13.7 Å². The van der Waals surface area contributed by atoms with Crippen LogP contribution in [-0.4, -0.2) is 19.3 Å². The van der Waals surface area contributed by atoms with Gasteiger partial charge in [0.15, 0.2) is 0 Å². The zero-order chi connectivity index (χ0) is 14.6. The van der Waals surface area contributed by atoms with E-state index in [-0.39, 0.29) is 10.0 Å².